The molecule has 2 rings (SSSR count). The zero-order valence-corrected chi connectivity index (χ0v) is 11.8. The molecule has 0 aliphatic heterocycles. The fraction of sp³-hybridized carbons (Fsp3) is 0.143. The fourth-order valence-corrected chi connectivity index (χ4v) is 1.95. The minimum absolute atomic E-state index is 0.157. The number of hydrogen-bond donors (Lipinski definition) is 2. The molecule has 0 atom stereocenters. The van der Waals surface area contributed by atoms with Crippen molar-refractivity contribution in [3.63, 3.8) is 0 Å². The monoisotopic (exact) mass is 330 g/mol. The minimum Gasteiger partial charge on any atom is -0.327 e. The Balaban J connectivity index is 2.18. The molecule has 0 unspecified atom stereocenters. The van der Waals surface area contributed by atoms with Crippen LogP contribution in [0.1, 0.15) is 11.1 Å². The van der Waals surface area contributed by atoms with Crippen LogP contribution in [0.5, 0.6) is 0 Å². The molecule has 0 radical (unpaired) electrons. The van der Waals surface area contributed by atoms with Crippen LogP contribution in [0.4, 0.5) is 18.9 Å². The van der Waals surface area contributed by atoms with Crippen molar-refractivity contribution >= 4 is 23.2 Å². The molecule has 1 amide bonds. The predicted molar refractivity (Wildman–Crippen MR) is 75.9 cm³/mol. The van der Waals surface area contributed by atoms with E-state index < -0.39 is 28.9 Å². The molecule has 0 aliphatic carbocycles. The van der Waals surface area contributed by atoms with E-state index in [-0.39, 0.29) is 6.42 Å². The second kappa shape index (κ2) is 6.23. The van der Waals surface area contributed by atoms with Crippen LogP contribution in [0.25, 0.3) is 0 Å². The molecule has 4 nitrogen and oxygen atoms in total. The fourth-order valence-electron chi connectivity index (χ4n) is 1.75. The highest BCUT2D eigenvalue weighted by Crippen LogP contribution is 2.29. The van der Waals surface area contributed by atoms with E-state index in [1.54, 1.807) is 24.3 Å². The highest BCUT2D eigenvalue weighted by Gasteiger charge is 2.31. The summed E-state index contributed by atoms with van der Waals surface area (Å²) in [6, 6.07) is 7.13. The van der Waals surface area contributed by atoms with E-state index in [9.17, 15) is 22.8 Å². The number of anilines is 1. The van der Waals surface area contributed by atoms with Crippen molar-refractivity contribution in [3.8, 4) is 0 Å². The van der Waals surface area contributed by atoms with E-state index in [1.807, 2.05) is 4.98 Å². The number of pyridine rings is 1. The van der Waals surface area contributed by atoms with E-state index in [1.165, 1.54) is 0 Å². The van der Waals surface area contributed by atoms with E-state index in [2.05, 4.69) is 5.32 Å². The first-order valence-corrected chi connectivity index (χ1v) is 6.48. The van der Waals surface area contributed by atoms with Crippen molar-refractivity contribution in [1.82, 2.24) is 4.98 Å². The third kappa shape index (κ3) is 3.88. The van der Waals surface area contributed by atoms with Crippen LogP contribution < -0.4 is 10.9 Å². The minimum atomic E-state index is -4.62. The Morgan fingerprint density at radius 2 is 1.95 bits per heavy atom. The first-order valence-electron chi connectivity index (χ1n) is 6.10. The maximum Gasteiger partial charge on any atom is 0.417 e. The number of alkyl halides is 3. The summed E-state index contributed by atoms with van der Waals surface area (Å²) >= 11 is 5.89. The Kier molecular flexibility index (Phi) is 4.56. The summed E-state index contributed by atoms with van der Waals surface area (Å²) < 4.78 is 37.8. The number of carbonyl (C=O) groups excluding carboxylic acids is 1. The summed E-state index contributed by atoms with van der Waals surface area (Å²) in [6.07, 6.45) is -4.23. The number of nitrogens with one attached hydrogen (secondary N) is 2. The van der Waals surface area contributed by atoms with E-state index >= 15 is 0 Å². The van der Waals surface area contributed by atoms with Gasteiger partial charge < -0.3 is 10.3 Å². The van der Waals surface area contributed by atoms with Crippen LogP contribution >= 0.6 is 11.6 Å². The van der Waals surface area contributed by atoms with Crippen molar-refractivity contribution in [2.24, 2.45) is 0 Å². The second-order valence-electron chi connectivity index (χ2n) is 4.45. The zero-order chi connectivity index (χ0) is 16.3. The van der Waals surface area contributed by atoms with Crippen molar-refractivity contribution in [2.45, 2.75) is 12.6 Å². The number of amides is 1. The first kappa shape index (κ1) is 16.1. The number of halogens is 4. The van der Waals surface area contributed by atoms with Crippen LogP contribution in [-0.2, 0) is 17.4 Å². The van der Waals surface area contributed by atoms with Crippen molar-refractivity contribution in [3.05, 3.63) is 63.0 Å². The van der Waals surface area contributed by atoms with Gasteiger partial charge in [0.25, 0.3) is 5.56 Å². The van der Waals surface area contributed by atoms with Gasteiger partial charge in [0.1, 0.15) is 5.69 Å². The van der Waals surface area contributed by atoms with Crippen LogP contribution in [0.15, 0.2) is 41.3 Å². The molecule has 2 N–H and O–H groups in total. The Morgan fingerprint density at radius 3 is 2.59 bits per heavy atom. The molecule has 1 heterocycles. The van der Waals surface area contributed by atoms with Gasteiger partial charge in [-0.3, -0.25) is 9.59 Å². The lowest BCUT2D eigenvalue weighted by Gasteiger charge is -2.09. The van der Waals surface area contributed by atoms with Gasteiger partial charge in [-0.1, -0.05) is 29.8 Å². The average molecular weight is 331 g/mol. The normalized spacial score (nSPS) is 11.3. The quantitative estimate of drug-likeness (QED) is 0.907. The van der Waals surface area contributed by atoms with E-state index in [4.69, 9.17) is 11.6 Å². The number of carbonyl (C=O) groups is 1. The highest BCUT2D eigenvalue weighted by molar-refractivity contribution is 6.31. The van der Waals surface area contributed by atoms with Crippen molar-refractivity contribution in [2.75, 3.05) is 5.32 Å². The second-order valence-corrected chi connectivity index (χ2v) is 4.85. The maximum atomic E-state index is 12.6. The summed E-state index contributed by atoms with van der Waals surface area (Å²) in [5, 5.41) is 2.51. The van der Waals surface area contributed by atoms with Crippen molar-refractivity contribution in [1.29, 1.82) is 0 Å². The van der Waals surface area contributed by atoms with Gasteiger partial charge in [-0.25, -0.2) is 0 Å². The lowest BCUT2D eigenvalue weighted by molar-refractivity contribution is -0.137. The molecule has 8 heteroatoms. The summed E-state index contributed by atoms with van der Waals surface area (Å²) in [5.41, 5.74) is -1.84. The van der Waals surface area contributed by atoms with Gasteiger partial charge in [0.15, 0.2) is 0 Å². The molecule has 0 saturated heterocycles. The van der Waals surface area contributed by atoms with Gasteiger partial charge in [0.2, 0.25) is 5.91 Å². The molecular weight excluding hydrogens is 321 g/mol. The van der Waals surface area contributed by atoms with Crippen molar-refractivity contribution < 1.29 is 18.0 Å². The topological polar surface area (TPSA) is 62.0 Å². The third-order valence-corrected chi connectivity index (χ3v) is 3.18. The molecule has 0 bridgehead atoms. The van der Waals surface area contributed by atoms with Crippen LogP contribution in [0.2, 0.25) is 5.02 Å². The molecular formula is C14H10ClF3N2O2. The molecule has 1 aromatic heterocycles. The van der Waals surface area contributed by atoms with E-state index in [0.717, 1.165) is 0 Å². The maximum absolute atomic E-state index is 12.6. The summed E-state index contributed by atoms with van der Waals surface area (Å²) in [4.78, 5) is 25.3. The molecule has 116 valence electrons. The van der Waals surface area contributed by atoms with Crippen LogP contribution in [0.3, 0.4) is 0 Å². The number of benzene rings is 1. The Bertz CT molecular complexity index is 756. The summed E-state index contributed by atoms with van der Waals surface area (Å²) in [5.74, 6) is -0.641. The largest absolute Gasteiger partial charge is 0.417 e. The molecule has 2 aromatic rings. The molecule has 0 fully saturated rings. The Hall–Kier alpha value is -2.28. The van der Waals surface area contributed by atoms with Gasteiger partial charge in [0, 0.05) is 11.2 Å². The summed E-state index contributed by atoms with van der Waals surface area (Å²) in [6.45, 7) is 0. The smallest absolute Gasteiger partial charge is 0.327 e. The zero-order valence-electron chi connectivity index (χ0n) is 11.0. The Labute approximate surface area is 127 Å². The predicted octanol–water partition coefficient (Wildman–Crippen LogP) is 3.23. The van der Waals surface area contributed by atoms with Gasteiger partial charge >= 0.3 is 6.18 Å². The lowest BCUT2D eigenvalue weighted by Crippen LogP contribution is -2.22. The standard InChI is InChI=1S/C14H10ClF3N2O2/c15-10-4-2-1-3-8(10)5-12(21)20-11-6-9(14(16,17)18)7-19-13(11)22/h1-4,6-7H,5H2,(H,19,22)(H,20,21). The van der Waals surface area contributed by atoms with E-state index in [0.29, 0.717) is 22.8 Å². The SMILES string of the molecule is O=C(Cc1ccccc1Cl)Nc1cc(C(F)(F)F)c[nH]c1=O. The number of hydrogen-bond acceptors (Lipinski definition) is 2. The number of rotatable bonds is 3. The number of aromatic amines is 1. The third-order valence-electron chi connectivity index (χ3n) is 2.81. The molecule has 22 heavy (non-hydrogen) atoms. The molecule has 1 aromatic carbocycles. The first-order chi connectivity index (χ1) is 10.3. The van der Waals surface area contributed by atoms with Crippen LogP contribution in [0, 0.1) is 0 Å². The lowest BCUT2D eigenvalue weighted by atomic mass is 10.1. The highest BCUT2D eigenvalue weighted by atomic mass is 35.5. The van der Waals surface area contributed by atoms with Gasteiger partial charge in [0.05, 0.1) is 12.0 Å². The molecule has 0 spiro atoms. The number of H-pyrrole nitrogens is 1. The average Bonchev–Trinajstić information content (AvgIpc) is 2.42. The Morgan fingerprint density at radius 1 is 1.27 bits per heavy atom. The van der Waals surface area contributed by atoms with Gasteiger partial charge in [-0.05, 0) is 17.7 Å². The number of aromatic nitrogens is 1. The van der Waals surface area contributed by atoms with Gasteiger partial charge in [-0.15, -0.1) is 0 Å². The summed E-state index contributed by atoms with van der Waals surface area (Å²) in [7, 11) is 0. The molecule has 0 saturated carbocycles. The van der Waals surface area contributed by atoms with Crippen LogP contribution in [-0.4, -0.2) is 10.9 Å². The van der Waals surface area contributed by atoms with Gasteiger partial charge in [-0.2, -0.15) is 13.2 Å². The molecule has 0 aliphatic rings.